The molecule has 0 N–H and O–H groups in total. The van der Waals surface area contributed by atoms with Crippen LogP contribution < -0.4 is 0 Å². The molecule has 3 rings (SSSR count). The van der Waals surface area contributed by atoms with Crippen molar-refractivity contribution in [1.82, 2.24) is 0 Å². The molecule has 0 heterocycles. The fraction of sp³-hybridized carbons (Fsp3) is 0.185. The van der Waals surface area contributed by atoms with Gasteiger partial charge in [0.15, 0.2) is 0 Å². The van der Waals surface area contributed by atoms with Gasteiger partial charge in [-0.05, 0) is 47.8 Å². The van der Waals surface area contributed by atoms with Gasteiger partial charge >= 0.3 is 0 Å². The van der Waals surface area contributed by atoms with E-state index in [0.717, 1.165) is 41.4 Å². The van der Waals surface area contributed by atoms with Crippen LogP contribution in [0.2, 0.25) is 0 Å². The third kappa shape index (κ3) is 6.69. The highest BCUT2D eigenvalue weighted by atomic mass is 32.2. The van der Waals surface area contributed by atoms with Crippen LogP contribution in [-0.4, -0.2) is 14.5 Å². The number of sulfone groups is 1. The Kier molecular flexibility index (Phi) is 8.25. The van der Waals surface area contributed by atoms with Crippen molar-refractivity contribution in [2.24, 2.45) is 0 Å². The minimum absolute atomic E-state index is 0.238. The number of rotatable bonds is 10. The summed E-state index contributed by atoms with van der Waals surface area (Å²) in [6.45, 7) is 2.13. The normalized spacial score (nSPS) is 12.4. The molecule has 0 bridgehead atoms. The van der Waals surface area contributed by atoms with Gasteiger partial charge in [0.2, 0.25) is 9.84 Å². The molecule has 4 heteroatoms. The molecule has 0 aliphatic carbocycles. The molecule has 0 aliphatic rings. The van der Waals surface area contributed by atoms with Gasteiger partial charge in [0, 0.05) is 0 Å². The number of hydrogen-bond acceptors (Lipinski definition) is 3. The van der Waals surface area contributed by atoms with Crippen molar-refractivity contribution in [3.8, 4) is 0 Å². The van der Waals surface area contributed by atoms with E-state index < -0.39 is 9.84 Å². The molecule has 3 aromatic carbocycles. The van der Waals surface area contributed by atoms with Gasteiger partial charge in [0.1, 0.15) is 6.10 Å². The van der Waals surface area contributed by atoms with E-state index in [4.69, 9.17) is 4.74 Å². The van der Waals surface area contributed by atoms with Gasteiger partial charge in [0.05, 0.1) is 16.6 Å². The fourth-order valence-electron chi connectivity index (χ4n) is 3.27. The second kappa shape index (κ2) is 11.3. The molecule has 31 heavy (non-hydrogen) atoms. The Balaban J connectivity index is 1.88. The molecule has 160 valence electrons. The van der Waals surface area contributed by atoms with Gasteiger partial charge in [-0.15, -0.1) is 0 Å². The molecule has 1 atom stereocenters. The summed E-state index contributed by atoms with van der Waals surface area (Å²) in [4.78, 5) is 0.254. The Bertz CT molecular complexity index is 1050. The molecule has 0 amide bonds. The number of benzene rings is 3. The van der Waals surface area contributed by atoms with Crippen molar-refractivity contribution >= 4 is 15.4 Å². The number of hydrogen-bond donors (Lipinski definition) is 0. The first-order valence-electron chi connectivity index (χ1n) is 10.5. The molecule has 3 aromatic rings. The van der Waals surface area contributed by atoms with E-state index in [-0.39, 0.29) is 11.0 Å². The average Bonchev–Trinajstić information content (AvgIpc) is 2.82. The summed E-state index contributed by atoms with van der Waals surface area (Å²) in [5, 5.41) is 1.14. The predicted octanol–water partition coefficient (Wildman–Crippen LogP) is 6.64. The SMILES string of the molecule is CCCCC(C=C(c1ccccc1)c1ccccc1)O/C=C\S(=O)(=O)c1ccccc1. The molecule has 0 aliphatic heterocycles. The summed E-state index contributed by atoms with van der Waals surface area (Å²) in [5.74, 6) is 0. The largest absolute Gasteiger partial charge is 0.493 e. The van der Waals surface area contributed by atoms with Crippen LogP contribution in [0.25, 0.3) is 5.57 Å². The van der Waals surface area contributed by atoms with E-state index >= 15 is 0 Å². The van der Waals surface area contributed by atoms with Crippen LogP contribution in [0.15, 0.2) is 114 Å². The summed E-state index contributed by atoms with van der Waals surface area (Å²) in [7, 11) is -3.54. The van der Waals surface area contributed by atoms with Crippen molar-refractivity contribution in [2.45, 2.75) is 37.2 Å². The van der Waals surface area contributed by atoms with Crippen LogP contribution >= 0.6 is 0 Å². The molecule has 1 unspecified atom stereocenters. The van der Waals surface area contributed by atoms with E-state index in [2.05, 4.69) is 37.3 Å². The Morgan fingerprint density at radius 3 is 1.87 bits per heavy atom. The van der Waals surface area contributed by atoms with Crippen molar-refractivity contribution in [3.63, 3.8) is 0 Å². The maximum Gasteiger partial charge on any atom is 0.202 e. The van der Waals surface area contributed by atoms with Crippen molar-refractivity contribution in [3.05, 3.63) is 120 Å². The zero-order chi connectivity index (χ0) is 21.9. The van der Waals surface area contributed by atoms with Crippen LogP contribution in [0.4, 0.5) is 0 Å². The first kappa shape index (κ1) is 22.6. The van der Waals surface area contributed by atoms with Gasteiger partial charge in [-0.1, -0.05) is 92.2 Å². The Hall–Kier alpha value is -3.11. The lowest BCUT2D eigenvalue weighted by Crippen LogP contribution is -2.08. The summed E-state index contributed by atoms with van der Waals surface area (Å²) in [6, 6.07) is 28.7. The third-order valence-electron chi connectivity index (χ3n) is 4.92. The topological polar surface area (TPSA) is 43.4 Å². The second-order valence-corrected chi connectivity index (χ2v) is 9.09. The van der Waals surface area contributed by atoms with Crippen molar-refractivity contribution < 1.29 is 13.2 Å². The highest BCUT2D eigenvalue weighted by Crippen LogP contribution is 2.25. The minimum atomic E-state index is -3.54. The van der Waals surface area contributed by atoms with Crippen LogP contribution in [0, 0.1) is 0 Å². The van der Waals surface area contributed by atoms with Gasteiger partial charge in [-0.2, -0.15) is 0 Å². The van der Waals surface area contributed by atoms with Crippen LogP contribution in [0.5, 0.6) is 0 Å². The smallest absolute Gasteiger partial charge is 0.202 e. The first-order chi connectivity index (χ1) is 15.1. The lowest BCUT2D eigenvalue weighted by Gasteiger charge is -2.16. The van der Waals surface area contributed by atoms with Crippen LogP contribution in [0.3, 0.4) is 0 Å². The summed E-state index contributed by atoms with van der Waals surface area (Å²) < 4.78 is 31.0. The number of ether oxygens (including phenoxy) is 1. The van der Waals surface area contributed by atoms with Gasteiger partial charge < -0.3 is 4.74 Å². The lowest BCUT2D eigenvalue weighted by atomic mass is 9.95. The molecule has 3 nitrogen and oxygen atoms in total. The third-order valence-corrected chi connectivity index (χ3v) is 6.32. The summed E-state index contributed by atoms with van der Waals surface area (Å²) >= 11 is 0. The molecule has 0 saturated carbocycles. The van der Waals surface area contributed by atoms with Gasteiger partial charge in [-0.25, -0.2) is 8.42 Å². The van der Waals surface area contributed by atoms with E-state index in [1.54, 1.807) is 30.3 Å². The Morgan fingerprint density at radius 2 is 1.35 bits per heavy atom. The van der Waals surface area contributed by atoms with Gasteiger partial charge in [0.25, 0.3) is 0 Å². The number of unbranched alkanes of at least 4 members (excludes halogenated alkanes) is 1. The van der Waals surface area contributed by atoms with E-state index in [0.29, 0.717) is 0 Å². The highest BCUT2D eigenvalue weighted by molar-refractivity contribution is 7.94. The molecular formula is C27H28O3S. The molecule has 0 saturated heterocycles. The second-order valence-electron chi connectivity index (χ2n) is 7.26. The van der Waals surface area contributed by atoms with E-state index in [1.807, 2.05) is 36.4 Å². The van der Waals surface area contributed by atoms with E-state index in [1.165, 1.54) is 6.26 Å². The van der Waals surface area contributed by atoms with Crippen molar-refractivity contribution in [2.75, 3.05) is 0 Å². The first-order valence-corrected chi connectivity index (χ1v) is 12.1. The quantitative estimate of drug-likeness (QED) is 0.337. The predicted molar refractivity (Wildman–Crippen MR) is 127 cm³/mol. The van der Waals surface area contributed by atoms with Crippen LogP contribution in [0.1, 0.15) is 37.3 Å². The molecule has 0 fully saturated rings. The monoisotopic (exact) mass is 432 g/mol. The Labute approximate surface area is 185 Å². The minimum Gasteiger partial charge on any atom is -0.493 e. The molecule has 0 radical (unpaired) electrons. The van der Waals surface area contributed by atoms with Crippen molar-refractivity contribution in [1.29, 1.82) is 0 Å². The Morgan fingerprint density at radius 1 is 0.839 bits per heavy atom. The molecule has 0 aromatic heterocycles. The summed E-state index contributed by atoms with van der Waals surface area (Å²) in [5.41, 5.74) is 3.26. The zero-order valence-electron chi connectivity index (χ0n) is 17.7. The highest BCUT2D eigenvalue weighted by Gasteiger charge is 2.13. The van der Waals surface area contributed by atoms with Gasteiger partial charge in [-0.3, -0.25) is 0 Å². The maximum absolute atomic E-state index is 12.5. The zero-order valence-corrected chi connectivity index (χ0v) is 18.5. The fourth-order valence-corrected chi connectivity index (χ4v) is 4.18. The maximum atomic E-state index is 12.5. The standard InChI is InChI=1S/C27H28O3S/c1-2-3-17-25(30-20-21-31(28,29)26-18-11-6-12-19-26)22-27(23-13-7-4-8-14-23)24-15-9-5-10-16-24/h4-16,18-22,25H,2-3,17H2,1H3/b21-20-. The molecular weight excluding hydrogens is 404 g/mol. The van der Waals surface area contributed by atoms with E-state index in [9.17, 15) is 8.42 Å². The average molecular weight is 433 g/mol. The molecule has 0 spiro atoms. The van der Waals surface area contributed by atoms with Crippen LogP contribution in [-0.2, 0) is 14.6 Å². The lowest BCUT2D eigenvalue weighted by molar-refractivity contribution is 0.176. The summed E-state index contributed by atoms with van der Waals surface area (Å²) in [6.07, 6.45) is 5.99.